The molecule has 2 saturated heterocycles. The van der Waals surface area contributed by atoms with Gasteiger partial charge in [0.05, 0.1) is 30.5 Å². The number of hydroxylamine groups is 1. The van der Waals surface area contributed by atoms with Gasteiger partial charge in [0.1, 0.15) is 37.3 Å². The third-order valence-corrected chi connectivity index (χ3v) is 11.1. The summed E-state index contributed by atoms with van der Waals surface area (Å²) in [6.45, 7) is 7.53. The van der Waals surface area contributed by atoms with Crippen molar-refractivity contribution < 1.29 is 76.2 Å². The molecule has 0 bridgehead atoms. The number of nitrogens with one attached hydrogen (secondary N) is 3. The number of likely N-dealkylation sites (N-methyl/N-ethyl adjacent to an activating group) is 3. The van der Waals surface area contributed by atoms with E-state index in [1.165, 1.54) is 32.0 Å². The number of nitriles is 1. The molecular formula is C43H61N13O9Y. The standard InChI is InChI=1S/C40H53N13O9.C3H8.Y/c1-25-12-16-51(34(56)11-14-41)22-31(25)50(4)35-28-13-17-53(36(28)45-24-44-35)39(59)48(2)18-19-49(3)40(60)62-23-26-7-9-27(10-8-26)46-33(55)21-43-37(57)30-6-5-15-52(30)38(58)29(47-61)20-32(42)54;1-3-2;/h7-10,13,17,24-25,29-31,47,61H,5-6,11-12,15-16,18-23H2,1-4H3,(H2,42,54)(H,43,57)(H,46,55);3H2,1-2H3;. The Bertz CT molecular complexity index is 2200. The van der Waals surface area contributed by atoms with Gasteiger partial charge < -0.3 is 50.8 Å². The molecule has 4 unspecified atom stereocenters. The van der Waals surface area contributed by atoms with Crippen LogP contribution in [0.2, 0.25) is 0 Å². The van der Waals surface area contributed by atoms with Gasteiger partial charge in [0.25, 0.3) is 0 Å². The number of nitrogens with zero attached hydrogens (tertiary/aromatic N) is 9. The molecule has 66 heavy (non-hydrogen) atoms. The molecule has 5 rings (SSSR count). The number of carbonyl (C=O) groups is 7. The monoisotopic (exact) mass is 992 g/mol. The summed E-state index contributed by atoms with van der Waals surface area (Å²) in [5, 5.41) is 24.1. The van der Waals surface area contributed by atoms with Gasteiger partial charge in [-0.05, 0) is 48.9 Å². The number of fused-ring (bicyclic) bond motifs is 1. The van der Waals surface area contributed by atoms with Crippen LogP contribution in [0.15, 0.2) is 42.9 Å². The van der Waals surface area contributed by atoms with Gasteiger partial charge >= 0.3 is 12.1 Å². The van der Waals surface area contributed by atoms with Gasteiger partial charge in [0.2, 0.25) is 29.5 Å². The smallest absolute Gasteiger partial charge is 0.409 e. The Morgan fingerprint density at radius 1 is 1.00 bits per heavy atom. The number of anilines is 2. The Morgan fingerprint density at radius 3 is 2.33 bits per heavy atom. The summed E-state index contributed by atoms with van der Waals surface area (Å²) in [5.41, 5.74) is 8.37. The molecule has 355 valence electrons. The van der Waals surface area contributed by atoms with Gasteiger partial charge in [-0.25, -0.2) is 19.6 Å². The van der Waals surface area contributed by atoms with E-state index in [1.807, 2.05) is 18.0 Å². The summed E-state index contributed by atoms with van der Waals surface area (Å²) in [7, 11) is 5.06. The molecule has 6 N–H and O–H groups in total. The molecule has 0 aliphatic carbocycles. The first kappa shape index (κ1) is 54.6. The number of rotatable bonds is 16. The molecule has 1 radical (unpaired) electrons. The van der Waals surface area contributed by atoms with Gasteiger partial charge in [-0.1, -0.05) is 39.3 Å². The van der Waals surface area contributed by atoms with E-state index in [-0.39, 0.29) is 95.8 Å². The Labute approximate surface area is 409 Å². The van der Waals surface area contributed by atoms with Crippen LogP contribution in [0.4, 0.5) is 21.1 Å². The number of primary amides is 1. The van der Waals surface area contributed by atoms with Crippen molar-refractivity contribution in [3.8, 4) is 6.07 Å². The predicted molar refractivity (Wildman–Crippen MR) is 238 cm³/mol. The van der Waals surface area contributed by atoms with Crippen LogP contribution in [0.1, 0.15) is 64.9 Å². The summed E-state index contributed by atoms with van der Waals surface area (Å²) in [6, 6.07) is 7.61. The van der Waals surface area contributed by atoms with Crippen molar-refractivity contribution in [2.75, 3.05) is 70.6 Å². The van der Waals surface area contributed by atoms with E-state index in [2.05, 4.69) is 41.4 Å². The number of amides is 7. The van der Waals surface area contributed by atoms with Crippen LogP contribution in [0, 0.1) is 17.2 Å². The molecule has 4 heterocycles. The zero-order chi connectivity index (χ0) is 47.8. The van der Waals surface area contributed by atoms with Crippen LogP contribution in [0.25, 0.3) is 11.0 Å². The topological polar surface area (TPSA) is 282 Å². The quantitative estimate of drug-likeness (QED) is 0.128. The van der Waals surface area contributed by atoms with Crippen LogP contribution < -0.4 is 26.7 Å². The fraction of sp³-hybridized carbons (Fsp3) is 0.535. The number of ether oxygens (including phenoxy) is 1. The van der Waals surface area contributed by atoms with Gasteiger partial charge in [0.15, 0.2) is 5.65 Å². The number of hydrogen-bond donors (Lipinski definition) is 5. The average Bonchev–Trinajstić information content (AvgIpc) is 3.97. The zero-order valence-electron chi connectivity index (χ0n) is 38.4. The molecular weight excluding hydrogens is 931 g/mol. The van der Waals surface area contributed by atoms with Crippen molar-refractivity contribution in [1.82, 2.24) is 44.9 Å². The maximum Gasteiger partial charge on any atom is 0.409 e. The normalized spacial score (nSPS) is 16.9. The third-order valence-electron chi connectivity index (χ3n) is 11.1. The minimum Gasteiger partial charge on any atom is -0.445 e. The molecule has 7 amide bonds. The summed E-state index contributed by atoms with van der Waals surface area (Å²) in [4.78, 5) is 105. The second-order valence-electron chi connectivity index (χ2n) is 16.1. The van der Waals surface area contributed by atoms with Crippen molar-refractivity contribution >= 4 is 64.2 Å². The summed E-state index contributed by atoms with van der Waals surface area (Å²) < 4.78 is 6.87. The third kappa shape index (κ3) is 14.6. The first-order valence-electron chi connectivity index (χ1n) is 21.5. The molecule has 2 aliphatic rings. The van der Waals surface area contributed by atoms with E-state index in [0.717, 1.165) is 6.42 Å². The fourth-order valence-corrected chi connectivity index (χ4v) is 7.48. The fourth-order valence-electron chi connectivity index (χ4n) is 7.48. The molecule has 0 spiro atoms. The van der Waals surface area contributed by atoms with E-state index >= 15 is 0 Å². The second kappa shape index (κ2) is 26.4. The Kier molecular flexibility index (Phi) is 21.8. The molecule has 23 heteroatoms. The number of likely N-dealkylation sites (tertiary alicyclic amines) is 2. The second-order valence-corrected chi connectivity index (χ2v) is 16.1. The minimum atomic E-state index is -1.29. The van der Waals surface area contributed by atoms with Gasteiger partial charge in [0, 0.05) is 98.5 Å². The summed E-state index contributed by atoms with van der Waals surface area (Å²) >= 11 is 0. The van der Waals surface area contributed by atoms with E-state index in [9.17, 15) is 38.8 Å². The van der Waals surface area contributed by atoms with Crippen LogP contribution in [0.5, 0.6) is 0 Å². The van der Waals surface area contributed by atoms with E-state index in [1.54, 1.807) is 61.0 Å². The van der Waals surface area contributed by atoms with E-state index in [0.29, 0.717) is 54.0 Å². The van der Waals surface area contributed by atoms with Crippen LogP contribution in [-0.4, -0.2) is 160 Å². The van der Waals surface area contributed by atoms with Crippen LogP contribution >= 0.6 is 0 Å². The minimum absolute atomic E-state index is 0. The largest absolute Gasteiger partial charge is 0.445 e. The number of carbonyl (C=O) groups excluding carboxylic acids is 7. The Morgan fingerprint density at radius 2 is 1.68 bits per heavy atom. The number of hydrogen-bond acceptors (Lipinski definition) is 14. The van der Waals surface area contributed by atoms with Crippen molar-refractivity contribution in [2.24, 2.45) is 11.7 Å². The zero-order valence-corrected chi connectivity index (χ0v) is 41.3. The predicted octanol–water partition coefficient (Wildman–Crippen LogP) is 1.87. The van der Waals surface area contributed by atoms with Crippen LogP contribution in [0.3, 0.4) is 0 Å². The number of aromatic nitrogens is 3. The molecule has 3 aromatic rings. The molecule has 2 aromatic heterocycles. The SMILES string of the molecule is CC1CCN(C(=O)CC#N)CC1N(C)c1ncnc2c1ccn2C(=O)N(C)CCN(C)C(=O)OCc1ccc(NC(=O)CNC(=O)C2CCCN2C(=O)C(CC(N)=O)NO)cc1.CCC.[Y]. The number of piperidine rings is 1. The molecule has 0 saturated carbocycles. The first-order valence-corrected chi connectivity index (χ1v) is 21.5. The number of nitrogens with two attached hydrogens (primary N) is 1. The Balaban J connectivity index is 0.00000281. The van der Waals surface area contributed by atoms with E-state index < -0.39 is 48.2 Å². The van der Waals surface area contributed by atoms with Crippen LogP contribution in [-0.2, 0) is 68.0 Å². The number of benzene rings is 1. The summed E-state index contributed by atoms with van der Waals surface area (Å²) in [6.07, 6.45) is 4.66. The van der Waals surface area contributed by atoms with E-state index in [4.69, 9.17) is 15.7 Å². The van der Waals surface area contributed by atoms with Gasteiger partial charge in [-0.3, -0.25) is 28.5 Å². The molecule has 2 aliphatic heterocycles. The van der Waals surface area contributed by atoms with Crippen molar-refractivity contribution in [3.63, 3.8) is 0 Å². The first-order chi connectivity index (χ1) is 31.0. The van der Waals surface area contributed by atoms with Gasteiger partial charge in [-0.2, -0.15) is 10.7 Å². The molecule has 1 aromatic carbocycles. The maximum absolute atomic E-state index is 13.6. The average molecular weight is 993 g/mol. The van der Waals surface area contributed by atoms with Crippen molar-refractivity contribution in [3.05, 3.63) is 48.4 Å². The summed E-state index contributed by atoms with van der Waals surface area (Å²) in [5.74, 6) is -1.89. The Hall–Kier alpha value is -5.76. The van der Waals surface area contributed by atoms with Crippen molar-refractivity contribution in [2.45, 2.75) is 84.0 Å². The molecule has 4 atom stereocenters. The maximum atomic E-state index is 13.6. The van der Waals surface area contributed by atoms with Crippen molar-refractivity contribution in [1.29, 1.82) is 5.26 Å². The molecule has 22 nitrogen and oxygen atoms in total. The van der Waals surface area contributed by atoms with Gasteiger partial charge in [-0.15, -0.1) is 0 Å². The molecule has 2 fully saturated rings.